The van der Waals surface area contributed by atoms with E-state index in [-0.39, 0.29) is 24.3 Å². The Hall–Kier alpha value is -4.17. The number of ether oxygens (including phenoxy) is 1. The summed E-state index contributed by atoms with van der Waals surface area (Å²) in [5.74, 6) is -0.561. The largest absolute Gasteiger partial charge is 0.444 e. The number of hydrogen-bond donors (Lipinski definition) is 4. The summed E-state index contributed by atoms with van der Waals surface area (Å²) >= 11 is 0. The van der Waals surface area contributed by atoms with Crippen molar-refractivity contribution in [2.75, 3.05) is 13.1 Å². The van der Waals surface area contributed by atoms with Crippen molar-refractivity contribution in [2.45, 2.75) is 51.7 Å². The first-order valence-electron chi connectivity index (χ1n) is 13.5. The van der Waals surface area contributed by atoms with E-state index in [2.05, 4.69) is 15.6 Å². The Bertz CT molecular complexity index is 1440. The molecule has 2 amide bonds. The number of alkyl carbamates (subject to hydrolysis) is 1. The highest BCUT2D eigenvalue weighted by atomic mass is 19.1. The minimum absolute atomic E-state index is 0.221. The summed E-state index contributed by atoms with van der Waals surface area (Å²) < 4.78 is 18.9. The number of aromatic amines is 1. The lowest BCUT2D eigenvalue weighted by molar-refractivity contribution is 0.0498. The molecule has 0 saturated carbocycles. The smallest absolute Gasteiger partial charge is 0.407 e. The van der Waals surface area contributed by atoms with Crippen LogP contribution in [0.3, 0.4) is 0 Å². The average molecular weight is 545 g/mol. The van der Waals surface area contributed by atoms with Gasteiger partial charge in [-0.15, -0.1) is 0 Å². The van der Waals surface area contributed by atoms with Crippen LogP contribution in [0.4, 0.5) is 9.18 Å². The Labute approximate surface area is 234 Å². The standard InChI is InChI=1S/C32H37FN4O3/c1-32(2,3)40-31(39)36-25(10-7-17-34)20-35-30(38)29-27(18-21-8-5-4-6-9-21)26-16-13-23(19-28(26)37-29)22-11-14-24(33)15-12-22/h4-6,8-9,11-16,19,25,37H,7,10,17-18,20,34H2,1-3H3,(H,35,38)(H,36,39)/t25-/m0/s1. The van der Waals surface area contributed by atoms with E-state index in [1.54, 1.807) is 32.9 Å². The Kier molecular flexibility index (Phi) is 9.22. The van der Waals surface area contributed by atoms with E-state index in [1.165, 1.54) is 12.1 Å². The molecule has 7 nitrogen and oxygen atoms in total. The van der Waals surface area contributed by atoms with Crippen molar-refractivity contribution in [1.29, 1.82) is 0 Å². The van der Waals surface area contributed by atoms with Crippen LogP contribution in [0.2, 0.25) is 0 Å². The third-order valence-electron chi connectivity index (χ3n) is 6.52. The number of H-pyrrole nitrogens is 1. The SMILES string of the molecule is CC(C)(C)OC(=O)N[C@@H](CCCN)CNC(=O)c1[nH]c2cc(-c3ccc(F)cc3)ccc2c1Cc1ccccc1. The molecule has 0 fully saturated rings. The fourth-order valence-electron chi connectivity index (χ4n) is 4.62. The summed E-state index contributed by atoms with van der Waals surface area (Å²) in [7, 11) is 0. The zero-order valence-electron chi connectivity index (χ0n) is 23.2. The molecule has 0 radical (unpaired) electrons. The van der Waals surface area contributed by atoms with E-state index >= 15 is 0 Å². The first kappa shape index (κ1) is 28.8. The maximum Gasteiger partial charge on any atom is 0.407 e. The molecule has 1 aromatic heterocycles. The molecule has 1 atom stereocenters. The van der Waals surface area contributed by atoms with E-state index in [0.717, 1.165) is 33.2 Å². The van der Waals surface area contributed by atoms with Crippen molar-refractivity contribution < 1.29 is 18.7 Å². The number of carbonyl (C=O) groups is 2. The molecule has 0 bridgehead atoms. The van der Waals surface area contributed by atoms with Crippen LogP contribution < -0.4 is 16.4 Å². The van der Waals surface area contributed by atoms with Gasteiger partial charge in [0.1, 0.15) is 17.1 Å². The van der Waals surface area contributed by atoms with Gasteiger partial charge in [0.25, 0.3) is 5.91 Å². The van der Waals surface area contributed by atoms with E-state index < -0.39 is 11.7 Å². The Morgan fingerprint density at radius 1 is 1.00 bits per heavy atom. The second kappa shape index (κ2) is 12.8. The zero-order chi connectivity index (χ0) is 28.7. The predicted molar refractivity (Wildman–Crippen MR) is 157 cm³/mol. The topological polar surface area (TPSA) is 109 Å². The Morgan fingerprint density at radius 2 is 1.70 bits per heavy atom. The lowest BCUT2D eigenvalue weighted by atomic mass is 9.99. The van der Waals surface area contributed by atoms with Gasteiger partial charge in [0.05, 0.1) is 0 Å². The second-order valence-electron chi connectivity index (χ2n) is 10.9. The van der Waals surface area contributed by atoms with Crippen LogP contribution >= 0.6 is 0 Å². The normalized spacial score (nSPS) is 12.2. The van der Waals surface area contributed by atoms with Gasteiger partial charge in [-0.25, -0.2) is 9.18 Å². The van der Waals surface area contributed by atoms with E-state index in [9.17, 15) is 14.0 Å². The molecule has 0 aliphatic carbocycles. The quantitative estimate of drug-likeness (QED) is 0.198. The number of carbonyl (C=O) groups excluding carboxylic acids is 2. The van der Waals surface area contributed by atoms with Crippen molar-refractivity contribution in [1.82, 2.24) is 15.6 Å². The predicted octanol–water partition coefficient (Wildman–Crippen LogP) is 5.93. The number of nitrogens with one attached hydrogen (secondary N) is 3. The number of benzene rings is 3. The number of amides is 2. The number of halogens is 1. The third-order valence-corrected chi connectivity index (χ3v) is 6.52. The van der Waals surface area contributed by atoms with Gasteiger partial charge in [-0.2, -0.15) is 0 Å². The van der Waals surface area contributed by atoms with Crippen LogP contribution in [0.25, 0.3) is 22.0 Å². The van der Waals surface area contributed by atoms with Gasteiger partial charge in [0, 0.05) is 29.9 Å². The summed E-state index contributed by atoms with van der Waals surface area (Å²) in [6.45, 7) is 6.10. The second-order valence-corrected chi connectivity index (χ2v) is 10.9. The van der Waals surface area contributed by atoms with Crippen molar-refractivity contribution in [3.05, 3.63) is 95.4 Å². The molecular formula is C32H37FN4O3. The number of hydrogen-bond acceptors (Lipinski definition) is 4. The van der Waals surface area contributed by atoms with Crippen molar-refractivity contribution in [3.63, 3.8) is 0 Å². The number of rotatable bonds is 10. The van der Waals surface area contributed by atoms with Gasteiger partial charge in [-0.3, -0.25) is 4.79 Å². The van der Waals surface area contributed by atoms with Gasteiger partial charge in [0.15, 0.2) is 0 Å². The Morgan fingerprint density at radius 3 is 2.38 bits per heavy atom. The van der Waals surface area contributed by atoms with Crippen LogP contribution in [0, 0.1) is 5.82 Å². The van der Waals surface area contributed by atoms with Gasteiger partial charge in [0.2, 0.25) is 0 Å². The maximum atomic E-state index is 13.6. The van der Waals surface area contributed by atoms with Crippen molar-refractivity contribution in [2.24, 2.45) is 5.73 Å². The molecule has 0 saturated heterocycles. The molecule has 1 heterocycles. The molecule has 4 rings (SSSR count). The monoisotopic (exact) mass is 544 g/mol. The summed E-state index contributed by atoms with van der Waals surface area (Å²) in [4.78, 5) is 29.3. The minimum Gasteiger partial charge on any atom is -0.444 e. The molecular weight excluding hydrogens is 507 g/mol. The lowest BCUT2D eigenvalue weighted by Gasteiger charge is -2.24. The minimum atomic E-state index is -0.630. The molecule has 8 heteroatoms. The zero-order valence-corrected chi connectivity index (χ0v) is 23.2. The molecule has 0 unspecified atom stereocenters. The Balaban J connectivity index is 1.60. The van der Waals surface area contributed by atoms with Gasteiger partial charge in [-0.05, 0) is 80.6 Å². The number of nitrogens with two attached hydrogens (primary N) is 1. The van der Waals surface area contributed by atoms with E-state index in [0.29, 0.717) is 31.5 Å². The molecule has 0 aliphatic rings. The van der Waals surface area contributed by atoms with Gasteiger partial charge >= 0.3 is 6.09 Å². The number of fused-ring (bicyclic) bond motifs is 1. The molecule has 210 valence electrons. The lowest BCUT2D eigenvalue weighted by Crippen LogP contribution is -2.45. The summed E-state index contributed by atoms with van der Waals surface area (Å²) in [6, 6.07) is 21.9. The highest BCUT2D eigenvalue weighted by Crippen LogP contribution is 2.30. The van der Waals surface area contributed by atoms with Crippen molar-refractivity contribution in [3.8, 4) is 11.1 Å². The molecule has 0 spiro atoms. The maximum absolute atomic E-state index is 13.6. The van der Waals surface area contributed by atoms with Gasteiger partial charge < -0.3 is 26.1 Å². The van der Waals surface area contributed by atoms with Crippen LogP contribution in [0.15, 0.2) is 72.8 Å². The van der Waals surface area contributed by atoms with Gasteiger partial charge in [-0.1, -0.05) is 54.6 Å². The summed E-state index contributed by atoms with van der Waals surface area (Å²) in [6.07, 6.45) is 1.31. The molecule has 3 aromatic carbocycles. The highest BCUT2D eigenvalue weighted by molar-refractivity contribution is 6.02. The van der Waals surface area contributed by atoms with Crippen molar-refractivity contribution >= 4 is 22.9 Å². The first-order chi connectivity index (χ1) is 19.1. The van der Waals surface area contributed by atoms with Crippen LogP contribution in [0.1, 0.15) is 55.2 Å². The fraction of sp³-hybridized carbons (Fsp3) is 0.312. The van der Waals surface area contributed by atoms with Crippen LogP contribution in [-0.4, -0.2) is 41.7 Å². The molecule has 0 aliphatic heterocycles. The van der Waals surface area contributed by atoms with Crippen LogP contribution in [0.5, 0.6) is 0 Å². The van der Waals surface area contributed by atoms with Crippen LogP contribution in [-0.2, 0) is 11.2 Å². The fourth-order valence-corrected chi connectivity index (χ4v) is 4.62. The molecule has 40 heavy (non-hydrogen) atoms. The highest BCUT2D eigenvalue weighted by Gasteiger charge is 2.22. The number of aromatic nitrogens is 1. The van der Waals surface area contributed by atoms with E-state index in [1.807, 2.05) is 48.5 Å². The molecule has 5 N–H and O–H groups in total. The summed E-state index contributed by atoms with van der Waals surface area (Å²) in [5, 5.41) is 6.79. The summed E-state index contributed by atoms with van der Waals surface area (Å²) in [5.41, 5.74) is 10.1. The third kappa shape index (κ3) is 7.70. The first-order valence-corrected chi connectivity index (χ1v) is 13.5. The van der Waals surface area contributed by atoms with E-state index in [4.69, 9.17) is 10.5 Å². The average Bonchev–Trinajstić information content (AvgIpc) is 3.27. The molecule has 4 aromatic rings.